The summed E-state index contributed by atoms with van der Waals surface area (Å²) in [5.74, 6) is -1.12. The zero-order valence-electron chi connectivity index (χ0n) is 21.9. The number of carbonyl (C=O) groups is 3. The Bertz CT molecular complexity index is 1390. The van der Waals surface area contributed by atoms with E-state index in [1.165, 1.54) is 35.6 Å². The highest BCUT2D eigenvalue weighted by Crippen LogP contribution is 2.39. The van der Waals surface area contributed by atoms with Crippen molar-refractivity contribution in [1.29, 1.82) is 0 Å². The van der Waals surface area contributed by atoms with Crippen LogP contribution in [0.15, 0.2) is 54.9 Å². The van der Waals surface area contributed by atoms with Gasteiger partial charge in [-0.2, -0.15) is 4.68 Å². The number of piperidine rings is 1. The lowest BCUT2D eigenvalue weighted by Gasteiger charge is -2.44. The maximum absolute atomic E-state index is 13.8. The number of nitrogens with one attached hydrogen (secondary N) is 1. The average Bonchev–Trinajstić information content (AvgIpc) is 3.51. The van der Waals surface area contributed by atoms with Gasteiger partial charge in [0.2, 0.25) is 11.8 Å². The molecule has 1 aromatic heterocycles. The fourth-order valence-corrected chi connectivity index (χ4v) is 6.15. The summed E-state index contributed by atoms with van der Waals surface area (Å²) in [6, 6.07) is 10.7. The summed E-state index contributed by atoms with van der Waals surface area (Å²) in [6.45, 7) is 0.470. The first kappa shape index (κ1) is 27.5. The number of amides is 2. The molecule has 2 unspecified atom stereocenters. The minimum atomic E-state index is -1.03. The molecule has 2 atom stereocenters. The van der Waals surface area contributed by atoms with Crippen LogP contribution in [0.5, 0.6) is 0 Å². The first-order valence-electron chi connectivity index (χ1n) is 13.6. The molecular weight excluding hydrogens is 532 g/mol. The molecule has 1 aliphatic carbocycles. The third kappa shape index (κ3) is 6.22. The van der Waals surface area contributed by atoms with Gasteiger partial charge in [-0.15, -0.1) is 5.10 Å². The molecule has 2 N–H and O–H groups in total. The zero-order valence-corrected chi connectivity index (χ0v) is 22.7. The Hall–Kier alpha value is -4.05. The molecule has 40 heavy (non-hydrogen) atoms. The van der Waals surface area contributed by atoms with E-state index < -0.39 is 12.0 Å². The summed E-state index contributed by atoms with van der Waals surface area (Å²) >= 11 is 6.24. The fourth-order valence-electron chi connectivity index (χ4n) is 5.97. The van der Waals surface area contributed by atoms with Crippen molar-refractivity contribution in [2.24, 2.45) is 11.8 Å². The van der Waals surface area contributed by atoms with E-state index in [-0.39, 0.29) is 23.3 Å². The van der Waals surface area contributed by atoms with Crippen LogP contribution in [0.1, 0.15) is 60.9 Å². The second kappa shape index (κ2) is 12.4. The van der Waals surface area contributed by atoms with Gasteiger partial charge in [0.05, 0.1) is 11.3 Å². The Kier molecular flexibility index (Phi) is 8.54. The van der Waals surface area contributed by atoms with Gasteiger partial charge in [-0.1, -0.05) is 43.7 Å². The van der Waals surface area contributed by atoms with Crippen LogP contribution in [0.4, 0.5) is 5.69 Å². The van der Waals surface area contributed by atoms with Crippen molar-refractivity contribution in [3.8, 4) is 5.69 Å². The highest BCUT2D eigenvalue weighted by Gasteiger charge is 2.42. The van der Waals surface area contributed by atoms with Gasteiger partial charge in [0.25, 0.3) is 0 Å². The number of hydrogen-bond acceptors (Lipinski definition) is 6. The molecule has 2 amide bonds. The Morgan fingerprint density at radius 1 is 1.00 bits per heavy atom. The molecule has 0 spiro atoms. The van der Waals surface area contributed by atoms with Gasteiger partial charge < -0.3 is 15.3 Å². The van der Waals surface area contributed by atoms with Gasteiger partial charge in [0.1, 0.15) is 12.4 Å². The number of hydrogen-bond donors (Lipinski definition) is 2. The first-order valence-corrected chi connectivity index (χ1v) is 13.9. The summed E-state index contributed by atoms with van der Waals surface area (Å²) in [5, 5.41) is 24.0. The number of carbonyl (C=O) groups excluding carboxylic acids is 2. The van der Waals surface area contributed by atoms with E-state index in [1.807, 2.05) is 0 Å². The molecule has 1 saturated carbocycles. The number of aromatic nitrogens is 4. The zero-order chi connectivity index (χ0) is 28.1. The number of benzene rings is 2. The topological polar surface area (TPSA) is 130 Å². The fraction of sp³-hybridized carbons (Fsp3) is 0.379. The van der Waals surface area contributed by atoms with Crippen LogP contribution >= 0.6 is 11.6 Å². The summed E-state index contributed by atoms with van der Waals surface area (Å²) in [5.41, 5.74) is 1.96. The smallest absolute Gasteiger partial charge is 0.335 e. The predicted octanol–water partition coefficient (Wildman–Crippen LogP) is 4.85. The number of nitrogens with zero attached hydrogens (tertiary/aromatic N) is 5. The third-order valence-electron chi connectivity index (χ3n) is 7.88. The lowest BCUT2D eigenvalue weighted by Crippen LogP contribution is -2.55. The van der Waals surface area contributed by atoms with Crippen LogP contribution in [0.3, 0.4) is 0 Å². The molecule has 1 saturated heterocycles. The molecule has 10 nitrogen and oxygen atoms in total. The van der Waals surface area contributed by atoms with Crippen molar-refractivity contribution < 1.29 is 19.5 Å². The number of tetrazole rings is 1. The average molecular weight is 563 g/mol. The number of carboxylic acids is 1. The van der Waals surface area contributed by atoms with Gasteiger partial charge >= 0.3 is 5.97 Å². The minimum absolute atomic E-state index is 0.0487. The quantitative estimate of drug-likeness (QED) is 0.393. The van der Waals surface area contributed by atoms with Crippen LogP contribution in [0.25, 0.3) is 11.8 Å². The van der Waals surface area contributed by atoms with Gasteiger partial charge in [-0.25, -0.2) is 4.79 Å². The molecule has 5 rings (SSSR count). The molecule has 0 radical (unpaired) electrons. The monoisotopic (exact) mass is 562 g/mol. The van der Waals surface area contributed by atoms with Crippen molar-refractivity contribution in [2.75, 3.05) is 11.9 Å². The maximum atomic E-state index is 13.8. The summed E-state index contributed by atoms with van der Waals surface area (Å²) in [4.78, 5) is 40.4. The molecule has 2 fully saturated rings. The first-order chi connectivity index (χ1) is 19.4. The van der Waals surface area contributed by atoms with Gasteiger partial charge in [0, 0.05) is 28.9 Å². The van der Waals surface area contributed by atoms with E-state index in [1.54, 1.807) is 41.3 Å². The van der Waals surface area contributed by atoms with E-state index in [9.17, 15) is 19.5 Å². The lowest BCUT2D eigenvalue weighted by molar-refractivity contribution is -0.140. The second-order valence-electron chi connectivity index (χ2n) is 10.3. The van der Waals surface area contributed by atoms with E-state index in [2.05, 4.69) is 20.8 Å². The van der Waals surface area contributed by atoms with Crippen molar-refractivity contribution in [3.63, 3.8) is 0 Å². The molecule has 3 aromatic rings. The van der Waals surface area contributed by atoms with Gasteiger partial charge in [-0.3, -0.25) is 9.59 Å². The number of halogens is 1. The number of rotatable bonds is 7. The summed E-state index contributed by atoms with van der Waals surface area (Å²) < 4.78 is 1.49. The Morgan fingerprint density at radius 2 is 1.77 bits per heavy atom. The highest BCUT2D eigenvalue weighted by atomic mass is 35.5. The van der Waals surface area contributed by atoms with Crippen LogP contribution in [0, 0.1) is 11.8 Å². The summed E-state index contributed by atoms with van der Waals surface area (Å²) in [7, 11) is 0. The van der Waals surface area contributed by atoms with Crippen LogP contribution < -0.4 is 5.32 Å². The normalized spacial score (nSPS) is 20.0. The number of likely N-dealkylation sites (tertiary alicyclic amines) is 1. The van der Waals surface area contributed by atoms with Crippen molar-refractivity contribution >= 4 is 41.1 Å². The summed E-state index contributed by atoms with van der Waals surface area (Å²) in [6.07, 6.45) is 11.9. The lowest BCUT2D eigenvalue weighted by atomic mass is 9.72. The molecule has 208 valence electrons. The van der Waals surface area contributed by atoms with Gasteiger partial charge in [-0.05, 0) is 83.6 Å². The second-order valence-corrected chi connectivity index (χ2v) is 10.8. The molecule has 2 heterocycles. The SMILES string of the molecule is O=C(O)c1ccc(NC(=O)C2C(C3CCCCC3)CCCN2C(=O)C=Cc2cc(Cl)ccc2-n2cnnn2)cc1. The number of anilines is 1. The van der Waals surface area contributed by atoms with E-state index in [4.69, 9.17) is 11.6 Å². The van der Waals surface area contributed by atoms with Crippen molar-refractivity contribution in [1.82, 2.24) is 25.1 Å². The maximum Gasteiger partial charge on any atom is 0.335 e. The van der Waals surface area contributed by atoms with Crippen LogP contribution in [0.2, 0.25) is 5.02 Å². The molecule has 11 heteroatoms. The molecule has 2 aromatic carbocycles. The van der Waals surface area contributed by atoms with Crippen molar-refractivity contribution in [3.05, 3.63) is 71.0 Å². The Balaban J connectivity index is 1.41. The standard InChI is InChI=1S/C29H31ClN6O4/c30-22-11-14-25(36-18-31-33-34-36)21(17-22)10-15-26(37)35-16-4-7-24(19-5-2-1-3-6-19)27(35)28(38)32-23-12-8-20(9-13-23)29(39)40/h8-15,17-19,24,27H,1-7,16H2,(H,32,38)(H,39,40). The predicted molar refractivity (Wildman–Crippen MR) is 150 cm³/mol. The largest absolute Gasteiger partial charge is 0.478 e. The van der Waals surface area contributed by atoms with E-state index >= 15 is 0 Å². The molecule has 0 bridgehead atoms. The van der Waals surface area contributed by atoms with Crippen molar-refractivity contribution in [2.45, 2.75) is 51.0 Å². The van der Waals surface area contributed by atoms with Crippen LogP contribution in [-0.2, 0) is 9.59 Å². The van der Waals surface area contributed by atoms with E-state index in [0.29, 0.717) is 34.4 Å². The Morgan fingerprint density at radius 3 is 2.48 bits per heavy atom. The minimum Gasteiger partial charge on any atom is -0.478 e. The highest BCUT2D eigenvalue weighted by molar-refractivity contribution is 6.30. The molecule has 1 aliphatic heterocycles. The number of carboxylic acid groups (broad SMARTS) is 1. The molecule has 2 aliphatic rings. The molecular formula is C29H31ClN6O4. The number of aromatic carboxylic acids is 1. The van der Waals surface area contributed by atoms with E-state index in [0.717, 1.165) is 38.5 Å². The third-order valence-corrected chi connectivity index (χ3v) is 8.11. The van der Waals surface area contributed by atoms with Gasteiger partial charge in [0.15, 0.2) is 0 Å². The van der Waals surface area contributed by atoms with Crippen LogP contribution in [-0.4, -0.2) is 60.6 Å². The Labute approximate surface area is 237 Å².